The third-order valence-corrected chi connectivity index (χ3v) is 3.77. The van der Waals surface area contributed by atoms with Crippen LogP contribution < -0.4 is 0 Å². The second kappa shape index (κ2) is 5.44. The zero-order valence-corrected chi connectivity index (χ0v) is 11.8. The molecule has 1 amide bonds. The second-order valence-electron chi connectivity index (χ2n) is 5.45. The van der Waals surface area contributed by atoms with Gasteiger partial charge in [0.25, 0.3) is 5.91 Å². The van der Waals surface area contributed by atoms with Crippen molar-refractivity contribution < 1.29 is 18.8 Å². The van der Waals surface area contributed by atoms with Gasteiger partial charge in [0.2, 0.25) is 5.60 Å². The van der Waals surface area contributed by atoms with Crippen molar-refractivity contribution in [3.05, 3.63) is 35.6 Å². The highest BCUT2D eigenvalue weighted by atomic mass is 19.1. The highest BCUT2D eigenvalue weighted by Gasteiger charge is 2.44. The molecule has 1 atom stereocenters. The average molecular weight is 292 g/mol. The maximum absolute atomic E-state index is 13.3. The molecular formula is C15H17FN2O3. The molecule has 3 rings (SSSR count). The van der Waals surface area contributed by atoms with Crippen LogP contribution in [0.25, 0.3) is 0 Å². The van der Waals surface area contributed by atoms with Crippen LogP contribution in [0.4, 0.5) is 4.39 Å². The van der Waals surface area contributed by atoms with Crippen LogP contribution in [0.1, 0.15) is 18.9 Å². The molecule has 0 bridgehead atoms. The van der Waals surface area contributed by atoms with Crippen molar-refractivity contribution >= 4 is 11.6 Å². The first-order valence-electron chi connectivity index (χ1n) is 6.97. The van der Waals surface area contributed by atoms with E-state index in [1.54, 1.807) is 24.0 Å². The van der Waals surface area contributed by atoms with E-state index in [1.165, 1.54) is 12.1 Å². The fraction of sp³-hybridized carbons (Fsp3) is 0.467. The number of halogens is 1. The molecule has 0 aliphatic carbocycles. The van der Waals surface area contributed by atoms with Crippen molar-refractivity contribution in [2.45, 2.75) is 18.9 Å². The van der Waals surface area contributed by atoms with Crippen molar-refractivity contribution in [3.8, 4) is 0 Å². The number of carbonyl (C=O) groups is 1. The number of hydrogen-bond acceptors (Lipinski definition) is 4. The van der Waals surface area contributed by atoms with Gasteiger partial charge in [0.1, 0.15) is 5.82 Å². The molecule has 1 fully saturated rings. The van der Waals surface area contributed by atoms with Gasteiger partial charge in [0, 0.05) is 25.1 Å². The Morgan fingerprint density at radius 1 is 1.38 bits per heavy atom. The molecule has 0 N–H and O–H groups in total. The summed E-state index contributed by atoms with van der Waals surface area (Å²) < 4.78 is 18.5. The molecule has 2 heterocycles. The molecule has 2 aliphatic rings. The van der Waals surface area contributed by atoms with E-state index in [2.05, 4.69) is 5.16 Å². The molecule has 0 radical (unpaired) electrons. The Morgan fingerprint density at radius 3 is 2.86 bits per heavy atom. The summed E-state index contributed by atoms with van der Waals surface area (Å²) in [6, 6.07) is 6.15. The van der Waals surface area contributed by atoms with Gasteiger partial charge < -0.3 is 14.5 Å². The number of benzene rings is 1. The van der Waals surface area contributed by atoms with Gasteiger partial charge in [0.05, 0.1) is 18.9 Å². The summed E-state index contributed by atoms with van der Waals surface area (Å²) in [5.41, 5.74) is 0.228. The van der Waals surface area contributed by atoms with Gasteiger partial charge in [-0.25, -0.2) is 4.39 Å². The quantitative estimate of drug-likeness (QED) is 0.831. The highest BCUT2D eigenvalue weighted by Crippen LogP contribution is 2.29. The Hall–Kier alpha value is -1.95. The molecule has 2 aliphatic heterocycles. The van der Waals surface area contributed by atoms with Crippen LogP contribution in [0, 0.1) is 5.82 Å². The lowest BCUT2D eigenvalue weighted by molar-refractivity contribution is -0.157. The van der Waals surface area contributed by atoms with Gasteiger partial charge in [-0.2, -0.15) is 0 Å². The third kappa shape index (κ3) is 2.76. The number of rotatable bonds is 2. The summed E-state index contributed by atoms with van der Waals surface area (Å²) in [6.45, 7) is 3.93. The van der Waals surface area contributed by atoms with Crippen LogP contribution in [0.15, 0.2) is 29.4 Å². The summed E-state index contributed by atoms with van der Waals surface area (Å²) >= 11 is 0. The smallest absolute Gasteiger partial charge is 0.269 e. The number of ether oxygens (including phenoxy) is 1. The normalized spacial score (nSPS) is 25.4. The summed E-state index contributed by atoms with van der Waals surface area (Å²) in [6.07, 6.45) is 0.340. The van der Waals surface area contributed by atoms with Gasteiger partial charge in [0.15, 0.2) is 0 Å². The average Bonchev–Trinajstić information content (AvgIpc) is 2.91. The minimum absolute atomic E-state index is 0.0963. The molecule has 1 aromatic rings. The number of oxime groups is 1. The molecule has 21 heavy (non-hydrogen) atoms. The van der Waals surface area contributed by atoms with Crippen molar-refractivity contribution in [3.63, 3.8) is 0 Å². The number of morpholine rings is 1. The van der Waals surface area contributed by atoms with Crippen LogP contribution in [0.2, 0.25) is 0 Å². The zero-order chi connectivity index (χ0) is 14.9. The van der Waals surface area contributed by atoms with E-state index in [0.29, 0.717) is 44.0 Å². The monoisotopic (exact) mass is 292 g/mol. The molecule has 1 saturated heterocycles. The fourth-order valence-corrected chi connectivity index (χ4v) is 2.58. The summed E-state index contributed by atoms with van der Waals surface area (Å²) in [7, 11) is 0. The summed E-state index contributed by atoms with van der Waals surface area (Å²) in [5, 5.41) is 3.99. The van der Waals surface area contributed by atoms with Crippen molar-refractivity contribution in [1.29, 1.82) is 0 Å². The van der Waals surface area contributed by atoms with Crippen LogP contribution in [0.3, 0.4) is 0 Å². The first kappa shape index (κ1) is 14.0. The number of nitrogens with zero attached hydrogens (tertiary/aromatic N) is 2. The van der Waals surface area contributed by atoms with E-state index >= 15 is 0 Å². The van der Waals surface area contributed by atoms with Crippen molar-refractivity contribution in [1.82, 2.24) is 4.90 Å². The van der Waals surface area contributed by atoms with E-state index in [9.17, 15) is 9.18 Å². The van der Waals surface area contributed by atoms with Crippen LogP contribution in [-0.4, -0.2) is 48.4 Å². The Morgan fingerprint density at radius 2 is 2.14 bits per heavy atom. The SMILES string of the molecule is C[C@]1(C(=O)N2CCOCC2)CC(c2cccc(F)c2)=NO1. The van der Waals surface area contributed by atoms with Gasteiger partial charge >= 0.3 is 0 Å². The minimum atomic E-state index is -1.01. The minimum Gasteiger partial charge on any atom is -0.379 e. The van der Waals surface area contributed by atoms with Crippen molar-refractivity contribution in [2.24, 2.45) is 5.16 Å². The third-order valence-electron chi connectivity index (χ3n) is 3.77. The van der Waals surface area contributed by atoms with E-state index in [4.69, 9.17) is 9.57 Å². The molecular weight excluding hydrogens is 275 g/mol. The predicted octanol–water partition coefficient (Wildman–Crippen LogP) is 1.57. The molecule has 0 spiro atoms. The number of amides is 1. The molecule has 5 nitrogen and oxygen atoms in total. The highest BCUT2D eigenvalue weighted by molar-refractivity contribution is 6.05. The van der Waals surface area contributed by atoms with Crippen molar-refractivity contribution in [2.75, 3.05) is 26.3 Å². The lowest BCUT2D eigenvalue weighted by atomic mass is 9.94. The van der Waals surface area contributed by atoms with Gasteiger partial charge in [-0.3, -0.25) is 4.79 Å². The largest absolute Gasteiger partial charge is 0.379 e. The molecule has 0 unspecified atom stereocenters. The second-order valence-corrected chi connectivity index (χ2v) is 5.45. The molecule has 0 aromatic heterocycles. The zero-order valence-electron chi connectivity index (χ0n) is 11.8. The number of carbonyl (C=O) groups excluding carboxylic acids is 1. The first-order chi connectivity index (χ1) is 10.1. The lowest BCUT2D eigenvalue weighted by Gasteiger charge is -2.32. The Bertz CT molecular complexity index is 584. The maximum atomic E-state index is 13.3. The topological polar surface area (TPSA) is 51.1 Å². The summed E-state index contributed by atoms with van der Waals surface area (Å²) in [4.78, 5) is 19.7. The Labute approximate surface area is 122 Å². The van der Waals surface area contributed by atoms with E-state index in [0.717, 1.165) is 0 Å². The van der Waals surface area contributed by atoms with Gasteiger partial charge in [-0.1, -0.05) is 17.3 Å². The standard InChI is InChI=1S/C15H17FN2O3/c1-15(14(19)18-5-7-20-8-6-18)10-13(17-21-15)11-3-2-4-12(16)9-11/h2-4,9H,5-8,10H2,1H3/t15-/m1/s1. The molecule has 6 heteroatoms. The van der Waals surface area contributed by atoms with E-state index < -0.39 is 5.60 Å². The predicted molar refractivity (Wildman–Crippen MR) is 74.4 cm³/mol. The Balaban J connectivity index is 1.73. The van der Waals surface area contributed by atoms with Gasteiger partial charge in [-0.05, 0) is 19.1 Å². The lowest BCUT2D eigenvalue weighted by Crippen LogP contribution is -2.51. The van der Waals surface area contributed by atoms with E-state index in [1.807, 2.05) is 0 Å². The summed E-state index contributed by atoms with van der Waals surface area (Å²) in [5.74, 6) is -0.427. The molecule has 0 saturated carbocycles. The van der Waals surface area contributed by atoms with E-state index in [-0.39, 0.29) is 11.7 Å². The number of hydrogen-bond donors (Lipinski definition) is 0. The van der Waals surface area contributed by atoms with Crippen LogP contribution in [0.5, 0.6) is 0 Å². The Kier molecular flexibility index (Phi) is 3.63. The van der Waals surface area contributed by atoms with Gasteiger partial charge in [-0.15, -0.1) is 0 Å². The molecule has 1 aromatic carbocycles. The maximum Gasteiger partial charge on any atom is 0.269 e. The molecule has 112 valence electrons. The van der Waals surface area contributed by atoms with Crippen LogP contribution in [-0.2, 0) is 14.4 Å². The van der Waals surface area contributed by atoms with Crippen LogP contribution >= 0.6 is 0 Å². The fourth-order valence-electron chi connectivity index (χ4n) is 2.58. The first-order valence-corrected chi connectivity index (χ1v) is 6.97.